The van der Waals surface area contributed by atoms with E-state index in [2.05, 4.69) is 83.6 Å². The molecule has 29 heavy (non-hydrogen) atoms. The maximum absolute atomic E-state index is 13.1. The van der Waals surface area contributed by atoms with Crippen LogP contribution in [-0.4, -0.2) is 5.91 Å². The number of halogens is 1. The van der Waals surface area contributed by atoms with Crippen LogP contribution in [0.15, 0.2) is 89.4 Å². The van der Waals surface area contributed by atoms with E-state index in [-0.39, 0.29) is 17.7 Å². The van der Waals surface area contributed by atoms with Crippen LogP contribution >= 0.6 is 15.9 Å². The van der Waals surface area contributed by atoms with Crippen LogP contribution in [0, 0.1) is 12.8 Å². The third-order valence-corrected chi connectivity index (χ3v) is 5.55. The molecule has 148 valence electrons. The van der Waals surface area contributed by atoms with Gasteiger partial charge in [0, 0.05) is 11.0 Å². The van der Waals surface area contributed by atoms with Crippen molar-refractivity contribution in [2.24, 2.45) is 5.92 Å². The second-order valence-corrected chi connectivity index (χ2v) is 8.28. The van der Waals surface area contributed by atoms with Gasteiger partial charge < -0.3 is 5.32 Å². The van der Waals surface area contributed by atoms with Crippen LogP contribution in [0.1, 0.15) is 35.1 Å². The SMILES string of the molecule is Cc1ccc(C(C(=O)NCc2ccccc2)C(C)/C=C/c2ccc(Br)cc2)cc1. The molecule has 1 amide bonds. The number of nitrogens with one attached hydrogen (secondary N) is 1. The van der Waals surface area contributed by atoms with Gasteiger partial charge >= 0.3 is 0 Å². The Morgan fingerprint density at radius 3 is 2.28 bits per heavy atom. The molecule has 0 bridgehead atoms. The fourth-order valence-corrected chi connectivity index (χ4v) is 3.57. The molecule has 0 spiro atoms. The zero-order valence-corrected chi connectivity index (χ0v) is 18.4. The molecule has 0 aliphatic carbocycles. The van der Waals surface area contributed by atoms with Gasteiger partial charge in [0.2, 0.25) is 5.91 Å². The minimum absolute atomic E-state index is 0.0469. The standard InChI is InChI=1S/C26H26BrNO/c1-19-8-14-23(15-9-19)25(26(29)28-18-22-6-4-3-5-7-22)20(2)10-11-21-12-16-24(27)17-13-21/h3-17,20,25H,18H2,1-2H3,(H,28,29)/b11-10+. The Morgan fingerprint density at radius 1 is 0.966 bits per heavy atom. The van der Waals surface area contributed by atoms with Crippen molar-refractivity contribution in [1.82, 2.24) is 5.32 Å². The van der Waals surface area contributed by atoms with E-state index in [1.54, 1.807) is 0 Å². The Hall–Kier alpha value is -2.65. The average molecular weight is 448 g/mol. The number of amides is 1. The number of carbonyl (C=O) groups is 1. The van der Waals surface area contributed by atoms with Crippen molar-refractivity contribution in [2.75, 3.05) is 0 Å². The lowest BCUT2D eigenvalue weighted by atomic mass is 9.85. The van der Waals surface area contributed by atoms with Crippen LogP contribution < -0.4 is 5.32 Å². The first kappa shape index (κ1) is 21.1. The summed E-state index contributed by atoms with van der Waals surface area (Å²) in [5, 5.41) is 3.12. The molecule has 2 atom stereocenters. The van der Waals surface area contributed by atoms with Gasteiger partial charge in [0.1, 0.15) is 0 Å². The Kier molecular flexibility index (Phi) is 7.42. The fourth-order valence-electron chi connectivity index (χ4n) is 3.31. The lowest BCUT2D eigenvalue weighted by molar-refractivity contribution is -0.123. The number of aryl methyl sites for hydroxylation is 1. The van der Waals surface area contributed by atoms with Crippen molar-refractivity contribution in [3.05, 3.63) is 112 Å². The van der Waals surface area contributed by atoms with E-state index in [9.17, 15) is 4.79 Å². The molecule has 2 nitrogen and oxygen atoms in total. The molecule has 0 saturated carbocycles. The van der Waals surface area contributed by atoms with E-state index in [1.807, 2.05) is 42.5 Å². The largest absolute Gasteiger partial charge is 0.351 e. The molecule has 0 aliphatic rings. The van der Waals surface area contributed by atoms with Crippen molar-refractivity contribution in [2.45, 2.75) is 26.3 Å². The van der Waals surface area contributed by atoms with Crippen LogP contribution in [0.3, 0.4) is 0 Å². The third-order valence-electron chi connectivity index (χ3n) is 5.02. The summed E-state index contributed by atoms with van der Waals surface area (Å²) in [6, 6.07) is 26.4. The normalized spacial score (nSPS) is 13.2. The van der Waals surface area contributed by atoms with Gasteiger partial charge in [-0.05, 0) is 41.7 Å². The van der Waals surface area contributed by atoms with Crippen molar-refractivity contribution in [3.63, 3.8) is 0 Å². The average Bonchev–Trinajstić information content (AvgIpc) is 2.74. The monoisotopic (exact) mass is 447 g/mol. The van der Waals surface area contributed by atoms with Gasteiger partial charge in [-0.1, -0.05) is 107 Å². The molecule has 0 radical (unpaired) electrons. The lowest BCUT2D eigenvalue weighted by Crippen LogP contribution is -2.32. The zero-order chi connectivity index (χ0) is 20.6. The molecule has 3 aromatic carbocycles. The molecule has 0 fully saturated rings. The summed E-state index contributed by atoms with van der Waals surface area (Å²) in [5.41, 5.74) is 4.44. The van der Waals surface area contributed by atoms with E-state index in [1.165, 1.54) is 5.56 Å². The highest BCUT2D eigenvalue weighted by Gasteiger charge is 2.25. The third kappa shape index (κ3) is 6.16. The van der Waals surface area contributed by atoms with E-state index >= 15 is 0 Å². The van der Waals surface area contributed by atoms with Crippen LogP contribution in [0.25, 0.3) is 6.08 Å². The molecular formula is C26H26BrNO. The molecule has 3 rings (SSSR count). The minimum atomic E-state index is -0.244. The van der Waals surface area contributed by atoms with Crippen LogP contribution in [0.4, 0.5) is 0 Å². The molecule has 1 N–H and O–H groups in total. The zero-order valence-electron chi connectivity index (χ0n) is 16.8. The second kappa shape index (κ2) is 10.2. The van der Waals surface area contributed by atoms with Gasteiger partial charge in [0.05, 0.1) is 5.92 Å². The second-order valence-electron chi connectivity index (χ2n) is 7.36. The Balaban J connectivity index is 1.78. The number of hydrogen-bond acceptors (Lipinski definition) is 1. The summed E-state index contributed by atoms with van der Waals surface area (Å²) in [7, 11) is 0. The van der Waals surface area contributed by atoms with Crippen LogP contribution in [-0.2, 0) is 11.3 Å². The predicted octanol–water partition coefficient (Wildman–Crippen LogP) is 6.51. The van der Waals surface area contributed by atoms with Crippen molar-refractivity contribution in [3.8, 4) is 0 Å². The highest BCUT2D eigenvalue weighted by atomic mass is 79.9. The Labute approximate surface area is 181 Å². The summed E-state index contributed by atoms with van der Waals surface area (Å²) < 4.78 is 1.06. The molecule has 2 unspecified atom stereocenters. The lowest BCUT2D eigenvalue weighted by Gasteiger charge is -2.22. The number of carbonyl (C=O) groups excluding carboxylic acids is 1. The molecule has 0 aromatic heterocycles. The first-order valence-electron chi connectivity index (χ1n) is 9.85. The van der Waals surface area contributed by atoms with Crippen LogP contribution in [0.2, 0.25) is 0 Å². The van der Waals surface area contributed by atoms with Gasteiger partial charge in [-0.2, -0.15) is 0 Å². The minimum Gasteiger partial charge on any atom is -0.351 e. The van der Waals surface area contributed by atoms with E-state index < -0.39 is 0 Å². The first-order valence-corrected chi connectivity index (χ1v) is 10.6. The van der Waals surface area contributed by atoms with Crippen molar-refractivity contribution < 1.29 is 4.79 Å². The maximum Gasteiger partial charge on any atom is 0.228 e. The molecular weight excluding hydrogens is 422 g/mol. The van der Waals surface area contributed by atoms with Gasteiger partial charge in [-0.3, -0.25) is 4.79 Å². The molecule has 0 heterocycles. The van der Waals surface area contributed by atoms with Gasteiger partial charge in [0.15, 0.2) is 0 Å². The highest BCUT2D eigenvalue weighted by molar-refractivity contribution is 9.10. The van der Waals surface area contributed by atoms with Gasteiger partial charge in [-0.25, -0.2) is 0 Å². The van der Waals surface area contributed by atoms with Crippen molar-refractivity contribution in [1.29, 1.82) is 0 Å². The first-order chi connectivity index (χ1) is 14.0. The summed E-state index contributed by atoms with van der Waals surface area (Å²) in [6.07, 6.45) is 4.21. The topological polar surface area (TPSA) is 29.1 Å². The number of benzene rings is 3. The van der Waals surface area contributed by atoms with Crippen molar-refractivity contribution >= 4 is 27.9 Å². The molecule has 0 saturated heterocycles. The number of rotatable bonds is 7. The van der Waals surface area contributed by atoms with E-state index in [4.69, 9.17) is 0 Å². The Bertz CT molecular complexity index is 946. The fraction of sp³-hybridized carbons (Fsp3) is 0.192. The predicted molar refractivity (Wildman–Crippen MR) is 125 cm³/mol. The smallest absolute Gasteiger partial charge is 0.228 e. The summed E-state index contributed by atoms with van der Waals surface area (Å²) in [6.45, 7) is 4.69. The maximum atomic E-state index is 13.1. The molecule has 3 aromatic rings. The van der Waals surface area contributed by atoms with Gasteiger partial charge in [0.25, 0.3) is 0 Å². The highest BCUT2D eigenvalue weighted by Crippen LogP contribution is 2.27. The van der Waals surface area contributed by atoms with E-state index in [0.717, 1.165) is 21.2 Å². The van der Waals surface area contributed by atoms with Crippen LogP contribution in [0.5, 0.6) is 0 Å². The molecule has 3 heteroatoms. The molecule has 0 aliphatic heterocycles. The summed E-state index contributed by atoms with van der Waals surface area (Å²) >= 11 is 3.46. The van der Waals surface area contributed by atoms with E-state index in [0.29, 0.717) is 6.54 Å². The summed E-state index contributed by atoms with van der Waals surface area (Å²) in [4.78, 5) is 13.1. The number of hydrogen-bond donors (Lipinski definition) is 1. The van der Waals surface area contributed by atoms with Gasteiger partial charge in [-0.15, -0.1) is 0 Å². The number of allylic oxidation sites excluding steroid dienone is 1. The quantitative estimate of drug-likeness (QED) is 0.439. The summed E-state index contributed by atoms with van der Waals surface area (Å²) in [5.74, 6) is -0.145. The Morgan fingerprint density at radius 2 is 1.62 bits per heavy atom.